The van der Waals surface area contributed by atoms with Crippen LogP contribution in [-0.2, 0) is 6.54 Å². The highest BCUT2D eigenvalue weighted by Gasteiger charge is 2.26. The lowest BCUT2D eigenvalue weighted by Crippen LogP contribution is -2.32. The number of rotatable bonds is 9. The molecule has 0 aliphatic heterocycles. The van der Waals surface area contributed by atoms with Crippen LogP contribution in [0.5, 0.6) is 0 Å². The van der Waals surface area contributed by atoms with Crippen LogP contribution in [0, 0.1) is 41.8 Å². The fourth-order valence-electron chi connectivity index (χ4n) is 3.40. The van der Waals surface area contributed by atoms with Crippen LogP contribution in [0.25, 0.3) is 11.3 Å². The summed E-state index contributed by atoms with van der Waals surface area (Å²) in [4.78, 5) is 18.8. The van der Waals surface area contributed by atoms with Gasteiger partial charge in [-0.05, 0) is 84.4 Å². The van der Waals surface area contributed by atoms with Gasteiger partial charge in [-0.2, -0.15) is 4.83 Å². The predicted octanol–water partition coefficient (Wildman–Crippen LogP) is 6.63. The summed E-state index contributed by atoms with van der Waals surface area (Å²) in [5.74, 6) is -11.0. The van der Waals surface area contributed by atoms with Crippen LogP contribution in [0.4, 0.5) is 26.3 Å². The van der Waals surface area contributed by atoms with E-state index in [0.29, 0.717) is 27.3 Å². The van der Waals surface area contributed by atoms with Crippen molar-refractivity contribution in [3.05, 3.63) is 112 Å². The van der Waals surface area contributed by atoms with Gasteiger partial charge in [0.05, 0.1) is 10.6 Å². The smallest absolute Gasteiger partial charge is 0.266 e. The molecule has 3 N–H and O–H groups in total. The maximum absolute atomic E-state index is 13.9. The lowest BCUT2D eigenvalue weighted by atomic mass is 10.0. The Balaban J connectivity index is 1.43. The van der Waals surface area contributed by atoms with Gasteiger partial charge in [-0.15, -0.1) is 0 Å². The van der Waals surface area contributed by atoms with Gasteiger partial charge in [-0.25, -0.2) is 26.3 Å². The van der Waals surface area contributed by atoms with Crippen LogP contribution in [-0.4, -0.2) is 10.9 Å². The quantitative estimate of drug-likeness (QED) is 0.0679. The first-order valence-electron chi connectivity index (χ1n) is 11.1. The van der Waals surface area contributed by atoms with Crippen LogP contribution in [0.15, 0.2) is 70.6 Å². The summed E-state index contributed by atoms with van der Waals surface area (Å²) in [7, 11) is 0. The van der Waals surface area contributed by atoms with Crippen molar-refractivity contribution < 1.29 is 31.1 Å². The number of pyridine rings is 1. The summed E-state index contributed by atoms with van der Waals surface area (Å²) in [6, 6.07) is 14.4. The van der Waals surface area contributed by atoms with Gasteiger partial charge in [-0.1, -0.05) is 12.1 Å². The molecule has 0 fully saturated rings. The Morgan fingerprint density at radius 1 is 0.846 bits per heavy atom. The highest BCUT2D eigenvalue weighted by molar-refractivity contribution is 7.97. The van der Waals surface area contributed by atoms with Crippen LogP contribution in [0.3, 0.4) is 0 Å². The zero-order valence-electron chi connectivity index (χ0n) is 19.9. The van der Waals surface area contributed by atoms with E-state index in [0.717, 1.165) is 17.5 Å². The van der Waals surface area contributed by atoms with E-state index >= 15 is 0 Å². The van der Waals surface area contributed by atoms with E-state index in [1.807, 2.05) is 0 Å². The minimum absolute atomic E-state index is 0.00394. The van der Waals surface area contributed by atoms with Crippen molar-refractivity contribution in [1.29, 1.82) is 0 Å². The van der Waals surface area contributed by atoms with Crippen molar-refractivity contribution in [3.8, 4) is 11.3 Å². The number of halogens is 6. The maximum atomic E-state index is 13.9. The molecule has 3 aromatic carbocycles. The van der Waals surface area contributed by atoms with E-state index in [-0.39, 0.29) is 18.5 Å². The first-order valence-corrected chi connectivity index (χ1v) is 12.7. The molecule has 0 spiro atoms. The van der Waals surface area contributed by atoms with Crippen LogP contribution >= 0.6 is 23.9 Å². The Kier molecular flexibility index (Phi) is 9.17. The molecule has 1 amide bonds. The molecular formula is C26H18F6N4OS2. The average molecular weight is 581 g/mol. The van der Waals surface area contributed by atoms with E-state index < -0.39 is 45.7 Å². The van der Waals surface area contributed by atoms with E-state index in [9.17, 15) is 31.1 Å². The number of carbonyl (C=O) groups excluding carboxylic acids is 1. The number of amides is 1. The van der Waals surface area contributed by atoms with Crippen molar-refractivity contribution >= 4 is 29.8 Å². The fraction of sp³-hybridized carbons (Fsp3) is 0.0769. The van der Waals surface area contributed by atoms with Gasteiger partial charge in [0, 0.05) is 23.9 Å². The summed E-state index contributed by atoms with van der Waals surface area (Å²) >= 11 is 1.17. The number of hydrazine groups is 1. The van der Waals surface area contributed by atoms with E-state index in [1.165, 1.54) is 12.3 Å². The molecule has 0 saturated carbocycles. The molecule has 0 aliphatic carbocycles. The largest absolute Gasteiger partial charge is 0.277 e. The second kappa shape index (κ2) is 12.6. The highest BCUT2D eigenvalue weighted by atomic mass is 32.2. The normalized spacial score (nSPS) is 11.1. The van der Waals surface area contributed by atoms with Crippen LogP contribution in [0.2, 0.25) is 0 Å². The van der Waals surface area contributed by atoms with Crippen LogP contribution < -0.4 is 15.0 Å². The zero-order valence-corrected chi connectivity index (χ0v) is 21.6. The number of benzene rings is 3. The number of nitrogens with zero attached hydrogens (tertiary/aromatic N) is 1. The van der Waals surface area contributed by atoms with E-state index in [1.54, 1.807) is 55.5 Å². The molecule has 1 aromatic heterocycles. The predicted molar refractivity (Wildman–Crippen MR) is 136 cm³/mol. The molecule has 202 valence electrons. The molecule has 0 aliphatic rings. The number of aromatic nitrogens is 1. The molecule has 0 atom stereocenters. The molecule has 0 radical (unpaired) electrons. The van der Waals surface area contributed by atoms with E-state index in [2.05, 4.69) is 20.0 Å². The monoisotopic (exact) mass is 580 g/mol. The minimum atomic E-state index is -2.22. The standard InChI is InChI=1S/C26H18F6N4OS2/c1-13-8-15(11-16(9-13)26(37)35-36-38-19-5-3-2-4-17(19)27)18-10-14(6-7-33-18)12-34-39-25-23(31)21(29)20(28)22(30)24(25)32/h2-11,34,36H,12H2,1H3,(H,35,37). The number of hydrogen-bond acceptors (Lipinski definition) is 6. The molecule has 39 heavy (non-hydrogen) atoms. The summed E-state index contributed by atoms with van der Waals surface area (Å²) < 4.78 is 84.2. The van der Waals surface area contributed by atoms with Gasteiger partial charge in [0.15, 0.2) is 23.3 Å². The van der Waals surface area contributed by atoms with Gasteiger partial charge < -0.3 is 0 Å². The molecule has 0 unspecified atom stereocenters. The van der Waals surface area contributed by atoms with E-state index in [4.69, 9.17) is 0 Å². The van der Waals surface area contributed by atoms with Crippen molar-refractivity contribution in [2.24, 2.45) is 0 Å². The summed E-state index contributed by atoms with van der Waals surface area (Å²) in [5, 5.41) is 0. The van der Waals surface area contributed by atoms with Crippen molar-refractivity contribution in [3.63, 3.8) is 0 Å². The summed E-state index contributed by atoms with van der Waals surface area (Å²) in [6.45, 7) is 1.78. The Morgan fingerprint density at radius 3 is 2.26 bits per heavy atom. The van der Waals surface area contributed by atoms with Gasteiger partial charge in [0.25, 0.3) is 5.91 Å². The number of hydrogen-bond donors (Lipinski definition) is 3. The minimum Gasteiger partial charge on any atom is -0.277 e. The van der Waals surface area contributed by atoms with Crippen molar-refractivity contribution in [2.45, 2.75) is 23.3 Å². The lowest BCUT2D eigenvalue weighted by molar-refractivity contribution is 0.0947. The molecule has 1 heterocycles. The first-order chi connectivity index (χ1) is 18.7. The van der Waals surface area contributed by atoms with Gasteiger partial charge in [0.1, 0.15) is 10.7 Å². The van der Waals surface area contributed by atoms with Gasteiger partial charge >= 0.3 is 0 Å². The SMILES string of the molecule is Cc1cc(C(=O)NNSc2ccccc2F)cc(-c2cc(CNSc3c(F)c(F)c(F)c(F)c3F)ccn2)c1. The Labute approximate surface area is 227 Å². The lowest BCUT2D eigenvalue weighted by Gasteiger charge is -2.11. The molecule has 0 saturated heterocycles. The number of nitrogens with one attached hydrogen (secondary N) is 3. The third-order valence-electron chi connectivity index (χ3n) is 5.24. The van der Waals surface area contributed by atoms with Crippen LogP contribution in [0.1, 0.15) is 21.5 Å². The third kappa shape index (κ3) is 6.74. The number of carbonyl (C=O) groups is 1. The second-order valence-corrected chi connectivity index (χ2v) is 9.80. The highest BCUT2D eigenvalue weighted by Crippen LogP contribution is 2.30. The third-order valence-corrected chi connectivity index (χ3v) is 6.85. The zero-order chi connectivity index (χ0) is 28.1. The Bertz CT molecular complexity index is 1510. The first kappa shape index (κ1) is 28.5. The van der Waals surface area contributed by atoms with Crippen molar-refractivity contribution in [1.82, 2.24) is 20.0 Å². The molecule has 4 aromatic rings. The topological polar surface area (TPSA) is 66.1 Å². The van der Waals surface area contributed by atoms with Gasteiger partial charge in [-0.3, -0.25) is 19.9 Å². The van der Waals surface area contributed by atoms with Gasteiger partial charge in [0.2, 0.25) is 5.82 Å². The fourth-order valence-corrected chi connectivity index (χ4v) is 4.70. The number of aryl methyl sites for hydroxylation is 1. The Hall–Kier alpha value is -3.52. The molecule has 13 heteroatoms. The molecule has 5 nitrogen and oxygen atoms in total. The summed E-state index contributed by atoms with van der Waals surface area (Å²) in [5.41, 5.74) is 5.21. The molecule has 4 rings (SSSR count). The molecule has 0 bridgehead atoms. The second-order valence-electron chi connectivity index (χ2n) is 8.05. The van der Waals surface area contributed by atoms with Crippen molar-refractivity contribution in [2.75, 3.05) is 0 Å². The summed E-state index contributed by atoms with van der Waals surface area (Å²) in [6.07, 6.45) is 1.48. The molecular weight excluding hydrogens is 562 g/mol. The Morgan fingerprint density at radius 2 is 1.54 bits per heavy atom. The average Bonchev–Trinajstić information content (AvgIpc) is 2.93. The maximum Gasteiger partial charge on any atom is 0.266 e.